The molecule has 2 rings (SSSR count). The predicted molar refractivity (Wildman–Crippen MR) is 66.7 cm³/mol. The van der Waals surface area contributed by atoms with Crippen LogP contribution in [0.3, 0.4) is 0 Å². The minimum Gasteiger partial charge on any atom is -0.300 e. The third-order valence-corrected chi connectivity index (χ3v) is 3.39. The van der Waals surface area contributed by atoms with Gasteiger partial charge >= 0.3 is 0 Å². The van der Waals surface area contributed by atoms with Gasteiger partial charge in [-0.25, -0.2) is 4.98 Å². The van der Waals surface area contributed by atoms with E-state index < -0.39 is 0 Å². The molecule has 1 heterocycles. The molecule has 0 unspecified atom stereocenters. The van der Waals surface area contributed by atoms with Gasteiger partial charge < -0.3 is 0 Å². The molecule has 0 aliphatic heterocycles. The summed E-state index contributed by atoms with van der Waals surface area (Å²) in [6.45, 7) is 3.61. The highest BCUT2D eigenvalue weighted by Crippen LogP contribution is 2.27. The lowest BCUT2D eigenvalue weighted by atomic mass is 10.2. The molecule has 2 aromatic rings. The molecule has 0 amide bonds. The van der Waals surface area contributed by atoms with Crippen molar-refractivity contribution in [3.63, 3.8) is 0 Å². The molecule has 0 radical (unpaired) electrons. The minimum atomic E-state index is 0.160. The number of carbonyl (C=O) groups is 1. The Balaban J connectivity index is 2.34. The summed E-state index contributed by atoms with van der Waals surface area (Å²) < 4.78 is 0. The fourth-order valence-electron chi connectivity index (χ4n) is 1.53. The molecule has 82 valence electrons. The molecule has 0 aliphatic carbocycles. The molecule has 0 saturated carbocycles. The Labute approximate surface area is 99.0 Å². The van der Waals surface area contributed by atoms with Crippen molar-refractivity contribution in [1.29, 1.82) is 0 Å². The van der Waals surface area contributed by atoms with E-state index in [0.717, 1.165) is 21.1 Å². The fraction of sp³-hybridized carbons (Fsp3) is 0.231. The van der Waals surface area contributed by atoms with Gasteiger partial charge in [0.1, 0.15) is 10.8 Å². The van der Waals surface area contributed by atoms with Crippen molar-refractivity contribution in [1.82, 2.24) is 4.98 Å². The second-order valence-electron chi connectivity index (χ2n) is 3.77. The van der Waals surface area contributed by atoms with Crippen LogP contribution in [-0.4, -0.2) is 10.8 Å². The standard InChI is InChI=1S/C13H13NOS/c1-9(15)8-12-10(2)16-13(14-12)11-6-4-3-5-7-11/h3-7H,8H2,1-2H3. The van der Waals surface area contributed by atoms with E-state index in [-0.39, 0.29) is 5.78 Å². The van der Waals surface area contributed by atoms with Gasteiger partial charge in [-0.3, -0.25) is 4.79 Å². The highest BCUT2D eigenvalue weighted by atomic mass is 32.1. The van der Waals surface area contributed by atoms with Crippen LogP contribution in [-0.2, 0) is 11.2 Å². The Bertz CT molecular complexity index is 502. The van der Waals surface area contributed by atoms with Gasteiger partial charge in [0.25, 0.3) is 0 Å². The molecule has 0 bridgehead atoms. The fourth-order valence-corrected chi connectivity index (χ4v) is 2.47. The van der Waals surface area contributed by atoms with E-state index in [1.165, 1.54) is 0 Å². The van der Waals surface area contributed by atoms with E-state index in [0.29, 0.717) is 6.42 Å². The summed E-state index contributed by atoms with van der Waals surface area (Å²) in [4.78, 5) is 16.7. The molecule has 2 nitrogen and oxygen atoms in total. The van der Waals surface area contributed by atoms with Crippen LogP contribution in [0.5, 0.6) is 0 Å². The van der Waals surface area contributed by atoms with Crippen LogP contribution in [0.2, 0.25) is 0 Å². The molecule has 1 aromatic carbocycles. The first kappa shape index (κ1) is 11.0. The van der Waals surface area contributed by atoms with Crippen LogP contribution in [0.1, 0.15) is 17.5 Å². The summed E-state index contributed by atoms with van der Waals surface area (Å²) in [5, 5.41) is 0.995. The molecule has 1 aromatic heterocycles. The zero-order chi connectivity index (χ0) is 11.5. The van der Waals surface area contributed by atoms with Crippen molar-refractivity contribution in [3.05, 3.63) is 40.9 Å². The van der Waals surface area contributed by atoms with Gasteiger partial charge in [-0.15, -0.1) is 11.3 Å². The summed E-state index contributed by atoms with van der Waals surface area (Å²) in [5.41, 5.74) is 2.03. The number of rotatable bonds is 3. The lowest BCUT2D eigenvalue weighted by Crippen LogP contribution is -1.97. The zero-order valence-electron chi connectivity index (χ0n) is 9.36. The molecule has 3 heteroatoms. The normalized spacial score (nSPS) is 10.4. The van der Waals surface area contributed by atoms with Crippen LogP contribution in [0.15, 0.2) is 30.3 Å². The van der Waals surface area contributed by atoms with Crippen LogP contribution >= 0.6 is 11.3 Å². The second-order valence-corrected chi connectivity index (χ2v) is 4.97. The Kier molecular flexibility index (Phi) is 3.15. The lowest BCUT2D eigenvalue weighted by molar-refractivity contribution is -0.116. The zero-order valence-corrected chi connectivity index (χ0v) is 10.2. The number of thiazole rings is 1. The number of hydrogen-bond donors (Lipinski definition) is 0. The van der Waals surface area contributed by atoms with Crippen molar-refractivity contribution in [3.8, 4) is 10.6 Å². The number of hydrogen-bond acceptors (Lipinski definition) is 3. The number of nitrogens with zero attached hydrogens (tertiary/aromatic N) is 1. The van der Waals surface area contributed by atoms with Gasteiger partial charge in [0.05, 0.1) is 5.69 Å². The Morgan fingerprint density at radius 3 is 2.62 bits per heavy atom. The molecule has 0 spiro atoms. The van der Waals surface area contributed by atoms with Gasteiger partial charge in [0.2, 0.25) is 0 Å². The van der Waals surface area contributed by atoms with E-state index in [2.05, 4.69) is 4.98 Å². The smallest absolute Gasteiger partial charge is 0.135 e. The predicted octanol–water partition coefficient (Wildman–Crippen LogP) is 3.25. The number of carbonyl (C=O) groups excluding carboxylic acids is 1. The number of Topliss-reactive ketones (excluding diaryl/α,β-unsaturated/α-hetero) is 1. The average Bonchev–Trinajstić information content (AvgIpc) is 2.61. The van der Waals surface area contributed by atoms with Crippen LogP contribution in [0.25, 0.3) is 10.6 Å². The first-order chi connectivity index (χ1) is 7.66. The number of aromatic nitrogens is 1. The van der Waals surface area contributed by atoms with Crippen LogP contribution < -0.4 is 0 Å². The lowest BCUT2D eigenvalue weighted by Gasteiger charge is -1.93. The van der Waals surface area contributed by atoms with Crippen molar-refractivity contribution in [2.24, 2.45) is 0 Å². The van der Waals surface area contributed by atoms with Crippen molar-refractivity contribution in [2.45, 2.75) is 20.3 Å². The van der Waals surface area contributed by atoms with E-state index in [4.69, 9.17) is 0 Å². The van der Waals surface area contributed by atoms with E-state index >= 15 is 0 Å². The monoisotopic (exact) mass is 231 g/mol. The first-order valence-corrected chi connectivity index (χ1v) is 5.99. The summed E-state index contributed by atoms with van der Waals surface area (Å²) >= 11 is 1.65. The molecule has 0 aliphatic rings. The van der Waals surface area contributed by atoms with E-state index in [1.54, 1.807) is 18.3 Å². The maximum atomic E-state index is 11.1. The maximum Gasteiger partial charge on any atom is 0.135 e. The van der Waals surface area contributed by atoms with Crippen LogP contribution in [0.4, 0.5) is 0 Å². The molecule has 16 heavy (non-hydrogen) atoms. The van der Waals surface area contributed by atoms with Gasteiger partial charge in [-0.2, -0.15) is 0 Å². The SMILES string of the molecule is CC(=O)Cc1nc(-c2ccccc2)sc1C. The molecule has 0 fully saturated rings. The molecular formula is C13H13NOS. The molecular weight excluding hydrogens is 218 g/mol. The largest absolute Gasteiger partial charge is 0.300 e. The topological polar surface area (TPSA) is 30.0 Å². The highest BCUT2D eigenvalue weighted by Gasteiger charge is 2.10. The van der Waals surface area contributed by atoms with Gasteiger partial charge in [0.15, 0.2) is 0 Å². The van der Waals surface area contributed by atoms with E-state index in [1.807, 2.05) is 37.3 Å². The Hall–Kier alpha value is -1.48. The Morgan fingerprint density at radius 1 is 1.31 bits per heavy atom. The molecule has 0 atom stereocenters. The number of ketones is 1. The minimum absolute atomic E-state index is 0.160. The Morgan fingerprint density at radius 2 is 2.00 bits per heavy atom. The second kappa shape index (κ2) is 4.58. The molecule has 0 saturated heterocycles. The van der Waals surface area contributed by atoms with Gasteiger partial charge in [-0.05, 0) is 13.8 Å². The molecule has 0 N–H and O–H groups in total. The average molecular weight is 231 g/mol. The maximum absolute atomic E-state index is 11.1. The summed E-state index contributed by atoms with van der Waals surface area (Å²) in [7, 11) is 0. The van der Waals surface area contributed by atoms with Gasteiger partial charge in [0, 0.05) is 16.9 Å². The quantitative estimate of drug-likeness (QED) is 0.811. The van der Waals surface area contributed by atoms with Crippen molar-refractivity contribution >= 4 is 17.1 Å². The van der Waals surface area contributed by atoms with E-state index in [9.17, 15) is 4.79 Å². The van der Waals surface area contributed by atoms with Crippen molar-refractivity contribution < 1.29 is 4.79 Å². The number of benzene rings is 1. The first-order valence-electron chi connectivity index (χ1n) is 5.18. The third-order valence-electron chi connectivity index (χ3n) is 2.33. The van der Waals surface area contributed by atoms with Crippen molar-refractivity contribution in [2.75, 3.05) is 0 Å². The summed E-state index contributed by atoms with van der Waals surface area (Å²) in [5.74, 6) is 0.160. The summed E-state index contributed by atoms with van der Waals surface area (Å²) in [6, 6.07) is 10.1. The highest BCUT2D eigenvalue weighted by molar-refractivity contribution is 7.15. The third kappa shape index (κ3) is 2.36. The van der Waals surface area contributed by atoms with Crippen LogP contribution in [0, 0.1) is 6.92 Å². The van der Waals surface area contributed by atoms with Gasteiger partial charge in [-0.1, -0.05) is 30.3 Å². The number of aryl methyl sites for hydroxylation is 1. The summed E-state index contributed by atoms with van der Waals surface area (Å²) in [6.07, 6.45) is 0.440.